The zero-order chi connectivity index (χ0) is 13.7. The molecule has 1 saturated heterocycles. The molecule has 0 bridgehead atoms. The monoisotopic (exact) mass is 260 g/mol. The van der Waals surface area contributed by atoms with E-state index in [2.05, 4.69) is 37.4 Å². The van der Waals surface area contributed by atoms with Gasteiger partial charge in [0.25, 0.3) is 0 Å². The van der Waals surface area contributed by atoms with Crippen LogP contribution >= 0.6 is 0 Å². The number of aryl methyl sites for hydroxylation is 2. The van der Waals surface area contributed by atoms with E-state index >= 15 is 0 Å². The zero-order valence-electron chi connectivity index (χ0n) is 11.9. The maximum absolute atomic E-state index is 6.12. The third-order valence-electron chi connectivity index (χ3n) is 3.57. The van der Waals surface area contributed by atoms with Crippen molar-refractivity contribution in [3.63, 3.8) is 0 Å². The summed E-state index contributed by atoms with van der Waals surface area (Å²) in [5.41, 5.74) is 10.5. The van der Waals surface area contributed by atoms with Crippen molar-refractivity contribution in [3.8, 4) is 0 Å². The second-order valence-corrected chi connectivity index (χ2v) is 5.31. The molecular formula is C16H24N2O. The van der Waals surface area contributed by atoms with Crippen molar-refractivity contribution in [2.75, 3.05) is 13.2 Å². The van der Waals surface area contributed by atoms with Crippen molar-refractivity contribution < 1.29 is 4.74 Å². The smallest absolute Gasteiger partial charge is 0.0747 e. The van der Waals surface area contributed by atoms with E-state index in [4.69, 9.17) is 10.5 Å². The zero-order valence-corrected chi connectivity index (χ0v) is 11.9. The second-order valence-electron chi connectivity index (χ2n) is 5.31. The number of rotatable bonds is 4. The molecule has 0 saturated carbocycles. The molecule has 0 spiro atoms. The number of hydrogen-bond donors (Lipinski definition) is 2. The van der Waals surface area contributed by atoms with Gasteiger partial charge < -0.3 is 15.8 Å². The van der Waals surface area contributed by atoms with Crippen LogP contribution < -0.4 is 11.1 Å². The lowest BCUT2D eigenvalue weighted by atomic mass is 10.0. The molecule has 0 amide bonds. The first kappa shape index (κ1) is 13.9. The molecule has 3 N–H and O–H groups in total. The van der Waals surface area contributed by atoms with Gasteiger partial charge in [0.1, 0.15) is 0 Å². The average Bonchev–Trinajstić information content (AvgIpc) is 2.39. The van der Waals surface area contributed by atoms with Crippen molar-refractivity contribution in [1.82, 2.24) is 5.32 Å². The van der Waals surface area contributed by atoms with Gasteiger partial charge in [-0.1, -0.05) is 23.8 Å². The van der Waals surface area contributed by atoms with Crippen molar-refractivity contribution in [1.29, 1.82) is 0 Å². The minimum absolute atomic E-state index is 0.330. The molecule has 1 fully saturated rings. The largest absolute Gasteiger partial charge is 0.397 e. The normalized spacial score (nSPS) is 20.3. The average molecular weight is 260 g/mol. The van der Waals surface area contributed by atoms with Gasteiger partial charge in [-0.05, 0) is 38.7 Å². The van der Waals surface area contributed by atoms with Crippen molar-refractivity contribution in [3.05, 3.63) is 41.1 Å². The van der Waals surface area contributed by atoms with Gasteiger partial charge in [-0.15, -0.1) is 0 Å². The van der Waals surface area contributed by atoms with Gasteiger partial charge >= 0.3 is 0 Å². The number of nitrogens with one attached hydrogen (secondary N) is 1. The van der Waals surface area contributed by atoms with Crippen LogP contribution in [0, 0.1) is 13.8 Å². The summed E-state index contributed by atoms with van der Waals surface area (Å²) in [6.07, 6.45) is 5.83. The van der Waals surface area contributed by atoms with Gasteiger partial charge in [0.15, 0.2) is 0 Å². The van der Waals surface area contributed by atoms with E-state index in [-0.39, 0.29) is 0 Å². The Morgan fingerprint density at radius 2 is 2.26 bits per heavy atom. The lowest BCUT2D eigenvalue weighted by molar-refractivity contribution is 0.0188. The Morgan fingerprint density at radius 3 is 2.95 bits per heavy atom. The molecule has 19 heavy (non-hydrogen) atoms. The Balaban J connectivity index is 1.91. The maximum Gasteiger partial charge on any atom is 0.0747 e. The first-order chi connectivity index (χ1) is 9.16. The summed E-state index contributed by atoms with van der Waals surface area (Å²) in [6, 6.07) is 6.32. The van der Waals surface area contributed by atoms with E-state index in [1.165, 1.54) is 24.0 Å². The molecule has 1 aromatic carbocycles. The van der Waals surface area contributed by atoms with Crippen LogP contribution in [0.1, 0.15) is 36.0 Å². The van der Waals surface area contributed by atoms with E-state index < -0.39 is 0 Å². The number of ether oxygens (including phenoxy) is 1. The number of benzene rings is 1. The highest BCUT2D eigenvalue weighted by Gasteiger charge is 2.12. The highest BCUT2D eigenvalue weighted by molar-refractivity contribution is 5.65. The van der Waals surface area contributed by atoms with Crippen LogP contribution in [0.5, 0.6) is 0 Å². The molecule has 0 aliphatic carbocycles. The van der Waals surface area contributed by atoms with E-state index in [0.717, 1.165) is 30.8 Å². The predicted octanol–water partition coefficient (Wildman–Crippen LogP) is 2.72. The summed E-state index contributed by atoms with van der Waals surface area (Å²) in [4.78, 5) is 0. The summed E-state index contributed by atoms with van der Waals surface area (Å²) in [5, 5.41) is 3.28. The Labute approximate surface area is 115 Å². The Bertz CT molecular complexity index is 448. The van der Waals surface area contributed by atoms with E-state index in [9.17, 15) is 0 Å². The fourth-order valence-electron chi connectivity index (χ4n) is 2.48. The van der Waals surface area contributed by atoms with Crippen LogP contribution in [0.25, 0.3) is 5.70 Å². The standard InChI is InChI=1S/C16H24N2O/c1-12-6-7-15(13(2)9-12)16(17)11-18-10-14-5-3-4-8-19-14/h6-7,9,11,14,18H,3-5,8,10,17H2,1-2H3/b16-11-. The molecule has 1 unspecified atom stereocenters. The van der Waals surface area contributed by atoms with Crippen LogP contribution in [-0.4, -0.2) is 19.3 Å². The topological polar surface area (TPSA) is 47.3 Å². The van der Waals surface area contributed by atoms with Crippen LogP contribution in [0.2, 0.25) is 0 Å². The summed E-state index contributed by atoms with van der Waals surface area (Å²) >= 11 is 0. The number of nitrogens with two attached hydrogens (primary N) is 1. The van der Waals surface area contributed by atoms with Gasteiger partial charge in [0.05, 0.1) is 11.8 Å². The first-order valence-corrected chi connectivity index (χ1v) is 7.05. The predicted molar refractivity (Wildman–Crippen MR) is 79.7 cm³/mol. The molecule has 1 aliphatic rings. The molecule has 104 valence electrons. The van der Waals surface area contributed by atoms with Gasteiger partial charge in [-0.3, -0.25) is 0 Å². The third-order valence-corrected chi connectivity index (χ3v) is 3.57. The van der Waals surface area contributed by atoms with E-state index in [1.54, 1.807) is 0 Å². The van der Waals surface area contributed by atoms with Crippen LogP contribution in [0.15, 0.2) is 24.4 Å². The molecule has 1 aromatic rings. The van der Waals surface area contributed by atoms with Crippen LogP contribution in [0.3, 0.4) is 0 Å². The number of hydrogen-bond acceptors (Lipinski definition) is 3. The quantitative estimate of drug-likeness (QED) is 0.875. The fourth-order valence-corrected chi connectivity index (χ4v) is 2.48. The fraction of sp³-hybridized carbons (Fsp3) is 0.500. The highest BCUT2D eigenvalue weighted by Crippen LogP contribution is 2.16. The SMILES string of the molecule is Cc1ccc(/C(N)=C/NCC2CCCCO2)c(C)c1. The molecule has 1 aliphatic heterocycles. The second kappa shape index (κ2) is 6.62. The molecule has 3 nitrogen and oxygen atoms in total. The van der Waals surface area contributed by atoms with Gasteiger partial charge in [-0.25, -0.2) is 0 Å². The molecular weight excluding hydrogens is 236 g/mol. The Morgan fingerprint density at radius 1 is 1.42 bits per heavy atom. The molecule has 1 heterocycles. The third kappa shape index (κ3) is 4.00. The van der Waals surface area contributed by atoms with E-state index in [0.29, 0.717) is 6.10 Å². The minimum atomic E-state index is 0.330. The molecule has 0 radical (unpaired) electrons. The summed E-state index contributed by atoms with van der Waals surface area (Å²) in [7, 11) is 0. The summed E-state index contributed by atoms with van der Waals surface area (Å²) in [5.74, 6) is 0. The maximum atomic E-state index is 6.12. The molecule has 1 atom stereocenters. The Hall–Kier alpha value is -1.48. The van der Waals surface area contributed by atoms with Crippen LogP contribution in [-0.2, 0) is 4.74 Å². The van der Waals surface area contributed by atoms with Crippen molar-refractivity contribution >= 4 is 5.70 Å². The minimum Gasteiger partial charge on any atom is -0.397 e. The van der Waals surface area contributed by atoms with Gasteiger partial charge in [0, 0.05) is 24.9 Å². The highest BCUT2D eigenvalue weighted by atomic mass is 16.5. The van der Waals surface area contributed by atoms with Crippen molar-refractivity contribution in [2.45, 2.75) is 39.2 Å². The van der Waals surface area contributed by atoms with E-state index in [1.807, 2.05) is 6.20 Å². The lowest BCUT2D eigenvalue weighted by Crippen LogP contribution is -2.29. The summed E-state index contributed by atoms with van der Waals surface area (Å²) < 4.78 is 5.67. The van der Waals surface area contributed by atoms with Crippen LogP contribution in [0.4, 0.5) is 0 Å². The molecule has 0 aromatic heterocycles. The van der Waals surface area contributed by atoms with Crippen molar-refractivity contribution in [2.24, 2.45) is 5.73 Å². The first-order valence-electron chi connectivity index (χ1n) is 7.05. The Kier molecular flexibility index (Phi) is 4.86. The lowest BCUT2D eigenvalue weighted by Gasteiger charge is -2.22. The van der Waals surface area contributed by atoms with Gasteiger partial charge in [-0.2, -0.15) is 0 Å². The molecule has 3 heteroatoms. The van der Waals surface area contributed by atoms with Gasteiger partial charge in [0.2, 0.25) is 0 Å². The molecule has 2 rings (SSSR count). The summed E-state index contributed by atoms with van der Waals surface area (Å²) in [6.45, 7) is 5.91.